The number of carbonyl (C=O) groups is 4. The molecule has 1 aliphatic heterocycles. The molecule has 0 aliphatic carbocycles. The predicted octanol–water partition coefficient (Wildman–Crippen LogP) is 1.79. The lowest BCUT2D eigenvalue weighted by Crippen LogP contribution is -2.46. The van der Waals surface area contributed by atoms with E-state index in [2.05, 4.69) is 25.9 Å². The van der Waals surface area contributed by atoms with Gasteiger partial charge in [0.15, 0.2) is 12.1 Å². The number of hydrogen-bond acceptors (Lipinski definition) is 11. The quantitative estimate of drug-likeness (QED) is 0.153. The molecule has 2 atom stereocenters. The number of hydrogen-bond donors (Lipinski definition) is 4. The Labute approximate surface area is 268 Å². The highest BCUT2D eigenvalue weighted by atomic mass is 16.5. The smallest absolute Gasteiger partial charge is 0.331 e. The molecule has 4 aromatic rings. The average molecular weight is 647 g/mol. The Kier molecular flexibility index (Phi) is 10.2. The monoisotopic (exact) mass is 646 g/mol. The molecule has 246 valence electrons. The third-order valence-corrected chi connectivity index (χ3v) is 7.83. The zero-order valence-electron chi connectivity index (χ0n) is 25.5. The summed E-state index contributed by atoms with van der Waals surface area (Å²) >= 11 is 0. The van der Waals surface area contributed by atoms with Gasteiger partial charge in [0.2, 0.25) is 0 Å². The molecule has 3 heterocycles. The number of amides is 1. The number of phenols is 1. The number of aromatic hydroxyl groups is 1. The van der Waals surface area contributed by atoms with Gasteiger partial charge < -0.3 is 30.3 Å². The molecule has 4 N–H and O–H groups in total. The summed E-state index contributed by atoms with van der Waals surface area (Å²) in [5.74, 6) is -2.88. The number of phenolic OH excluding ortho intramolecular Hbond substituents is 1. The molecule has 0 radical (unpaired) electrons. The molecule has 2 aromatic heterocycles. The molecular weight excluding hydrogens is 612 g/mol. The van der Waals surface area contributed by atoms with Crippen molar-refractivity contribution in [2.75, 3.05) is 33.3 Å². The predicted molar refractivity (Wildman–Crippen MR) is 164 cm³/mol. The van der Waals surface area contributed by atoms with Crippen LogP contribution in [0.4, 0.5) is 0 Å². The lowest BCUT2D eigenvalue weighted by atomic mass is 10.0. The summed E-state index contributed by atoms with van der Waals surface area (Å²) in [5, 5.41) is 48.3. The van der Waals surface area contributed by atoms with E-state index in [-0.39, 0.29) is 43.0 Å². The van der Waals surface area contributed by atoms with E-state index >= 15 is 0 Å². The number of benzene rings is 2. The van der Waals surface area contributed by atoms with Gasteiger partial charge in [-0.1, -0.05) is 22.6 Å². The number of carbonyl (C=O) groups excluding carboxylic acids is 2. The minimum absolute atomic E-state index is 0.0335. The van der Waals surface area contributed by atoms with Gasteiger partial charge in [-0.25, -0.2) is 19.0 Å². The van der Waals surface area contributed by atoms with Gasteiger partial charge in [0.05, 0.1) is 19.5 Å². The highest BCUT2D eigenvalue weighted by Gasteiger charge is 2.26. The maximum absolute atomic E-state index is 13.6. The molecule has 1 saturated heterocycles. The summed E-state index contributed by atoms with van der Waals surface area (Å²) in [6, 6.07) is 9.44. The number of carboxylic acids is 2. The van der Waals surface area contributed by atoms with Gasteiger partial charge >= 0.3 is 17.9 Å². The van der Waals surface area contributed by atoms with Crippen LogP contribution < -0.4 is 5.32 Å². The molecular formula is C31H34N8O8. The van der Waals surface area contributed by atoms with Crippen molar-refractivity contribution in [1.29, 1.82) is 0 Å². The maximum atomic E-state index is 13.6. The Balaban J connectivity index is 1.50. The number of nitrogens with zero attached hydrogens (tertiary/aromatic N) is 7. The lowest BCUT2D eigenvalue weighted by Gasteiger charge is -2.27. The SMILES string of the molecule is COC(=O)[C@H](Cc1ccc(O)cc1)n1cc(-c2cc(C(=O)N3CCNCC3)cc(-c3cn([C@@H](CCCC(=O)O)C(=O)O)nn3)c2)nn1. The molecule has 16 nitrogen and oxygen atoms in total. The minimum atomic E-state index is -1.18. The summed E-state index contributed by atoms with van der Waals surface area (Å²) in [6.45, 7) is 2.32. The molecule has 0 bridgehead atoms. The first-order chi connectivity index (χ1) is 22.6. The van der Waals surface area contributed by atoms with Crippen LogP contribution in [0, 0.1) is 0 Å². The summed E-state index contributed by atoms with van der Waals surface area (Å²) in [6.07, 6.45) is 3.21. The van der Waals surface area contributed by atoms with Crippen LogP contribution in [0.3, 0.4) is 0 Å². The first-order valence-electron chi connectivity index (χ1n) is 14.9. The number of piperazine rings is 1. The fraction of sp³-hybridized carbons (Fsp3) is 0.355. The van der Waals surface area contributed by atoms with Crippen LogP contribution in [0.25, 0.3) is 22.5 Å². The number of nitrogens with one attached hydrogen (secondary N) is 1. The van der Waals surface area contributed by atoms with Crippen molar-refractivity contribution in [1.82, 2.24) is 40.2 Å². The topological polar surface area (TPSA) is 215 Å². The standard InChI is InChI=1S/C31H34N8O8/c1-47-31(46)27(13-19-5-7-23(40)8-6-19)39-18-25(34-36-39)21-14-20(15-22(16-21)29(43)37-11-9-32-10-12-37)24-17-38(35-33-24)26(30(44)45)3-2-4-28(41)42/h5-8,14-18,26-27,32,40H,2-4,9-13H2,1H3,(H,41,42)(H,44,45)/t26-,27-/m0/s1. The first kappa shape index (κ1) is 32.7. The van der Waals surface area contributed by atoms with Crippen molar-refractivity contribution in [2.24, 2.45) is 0 Å². The fourth-order valence-electron chi connectivity index (χ4n) is 5.31. The van der Waals surface area contributed by atoms with Crippen molar-refractivity contribution in [2.45, 2.75) is 37.8 Å². The number of rotatable bonds is 13. The molecule has 1 amide bonds. The van der Waals surface area contributed by atoms with Crippen LogP contribution in [0.1, 0.15) is 47.3 Å². The van der Waals surface area contributed by atoms with Gasteiger partial charge in [-0.05, 0) is 48.7 Å². The Bertz CT molecular complexity index is 1750. The van der Waals surface area contributed by atoms with Crippen molar-refractivity contribution >= 4 is 23.8 Å². The van der Waals surface area contributed by atoms with Crippen molar-refractivity contribution < 1.29 is 39.2 Å². The third-order valence-electron chi connectivity index (χ3n) is 7.83. The van der Waals surface area contributed by atoms with E-state index < -0.39 is 30.0 Å². The van der Waals surface area contributed by atoms with E-state index in [0.29, 0.717) is 48.6 Å². The Morgan fingerprint density at radius 2 is 1.49 bits per heavy atom. The van der Waals surface area contributed by atoms with Crippen LogP contribution in [0.2, 0.25) is 0 Å². The summed E-state index contributed by atoms with van der Waals surface area (Å²) in [7, 11) is 1.27. The molecule has 1 aliphatic rings. The zero-order chi connectivity index (χ0) is 33.5. The molecule has 0 unspecified atom stereocenters. The van der Waals surface area contributed by atoms with Gasteiger partial charge in [-0.15, -0.1) is 10.2 Å². The number of aromatic nitrogens is 6. The molecule has 16 heteroatoms. The Morgan fingerprint density at radius 3 is 2.04 bits per heavy atom. The normalized spacial score (nSPS) is 14.4. The second kappa shape index (κ2) is 14.6. The first-order valence-corrected chi connectivity index (χ1v) is 14.9. The lowest BCUT2D eigenvalue weighted by molar-refractivity contribution is -0.145. The number of methoxy groups -OCH3 is 1. The van der Waals surface area contributed by atoms with E-state index in [9.17, 15) is 29.4 Å². The third kappa shape index (κ3) is 7.96. The van der Waals surface area contributed by atoms with Crippen LogP contribution in [-0.2, 0) is 25.5 Å². The molecule has 47 heavy (non-hydrogen) atoms. The highest BCUT2D eigenvalue weighted by molar-refractivity contribution is 5.97. The van der Waals surface area contributed by atoms with Crippen molar-refractivity contribution in [3.05, 3.63) is 66.0 Å². The van der Waals surface area contributed by atoms with Crippen LogP contribution >= 0.6 is 0 Å². The number of aliphatic carboxylic acids is 2. The van der Waals surface area contributed by atoms with Crippen LogP contribution in [-0.4, -0.2) is 107 Å². The average Bonchev–Trinajstić information content (AvgIpc) is 3.77. The largest absolute Gasteiger partial charge is 0.508 e. The van der Waals surface area contributed by atoms with Crippen molar-refractivity contribution in [3.8, 4) is 28.3 Å². The number of esters is 1. The molecule has 1 fully saturated rings. The molecule has 0 saturated carbocycles. The summed E-state index contributed by atoms with van der Waals surface area (Å²) in [4.78, 5) is 51.1. The van der Waals surface area contributed by atoms with Gasteiger partial charge in [-0.2, -0.15) is 0 Å². The van der Waals surface area contributed by atoms with Crippen molar-refractivity contribution in [3.63, 3.8) is 0 Å². The number of carboxylic acid groups (broad SMARTS) is 2. The molecule has 5 rings (SSSR count). The summed E-state index contributed by atoms with van der Waals surface area (Å²) in [5.41, 5.74) is 2.69. The van der Waals surface area contributed by atoms with E-state index in [1.165, 1.54) is 34.8 Å². The van der Waals surface area contributed by atoms with E-state index in [0.717, 1.165) is 5.56 Å². The minimum Gasteiger partial charge on any atom is -0.508 e. The zero-order valence-corrected chi connectivity index (χ0v) is 25.5. The second-order valence-corrected chi connectivity index (χ2v) is 11.1. The number of ether oxygens (including phenoxy) is 1. The Hall–Kier alpha value is -5.64. The van der Waals surface area contributed by atoms with Gasteiger partial charge in [0.25, 0.3) is 5.91 Å². The van der Waals surface area contributed by atoms with E-state index in [1.54, 1.807) is 41.4 Å². The van der Waals surface area contributed by atoms with Crippen LogP contribution in [0.15, 0.2) is 54.9 Å². The Morgan fingerprint density at radius 1 is 0.894 bits per heavy atom. The molecule has 2 aromatic carbocycles. The van der Waals surface area contributed by atoms with E-state index in [1.807, 2.05) is 0 Å². The van der Waals surface area contributed by atoms with Gasteiger partial charge in [-0.3, -0.25) is 9.59 Å². The van der Waals surface area contributed by atoms with Crippen LogP contribution in [0.5, 0.6) is 5.75 Å². The molecule has 0 spiro atoms. The maximum Gasteiger partial charge on any atom is 0.331 e. The van der Waals surface area contributed by atoms with Gasteiger partial charge in [0, 0.05) is 55.7 Å². The second-order valence-electron chi connectivity index (χ2n) is 11.1. The summed E-state index contributed by atoms with van der Waals surface area (Å²) < 4.78 is 7.58. The highest BCUT2D eigenvalue weighted by Crippen LogP contribution is 2.29. The fourth-order valence-corrected chi connectivity index (χ4v) is 5.31. The van der Waals surface area contributed by atoms with E-state index in [4.69, 9.17) is 9.84 Å². The van der Waals surface area contributed by atoms with Gasteiger partial charge in [0.1, 0.15) is 17.1 Å².